The quantitative estimate of drug-likeness (QED) is 0.0104. The molecule has 0 atom stereocenters. The second kappa shape index (κ2) is 28.6. The minimum atomic E-state index is -5.50. The van der Waals surface area contributed by atoms with Crippen LogP contribution in [0.3, 0.4) is 0 Å². The van der Waals surface area contributed by atoms with Crippen LogP contribution in [0.4, 0.5) is 56.0 Å². The second-order valence-corrected chi connectivity index (χ2v) is 33.1. The number of azo groups is 2. The Kier molecular flexibility index (Phi) is 22.1. The summed E-state index contributed by atoms with van der Waals surface area (Å²) in [7, 11) is -34.8. The molecule has 0 bridgehead atoms. The van der Waals surface area contributed by atoms with Gasteiger partial charge in [0.05, 0.1) is 37.7 Å². The van der Waals surface area contributed by atoms with Crippen LogP contribution in [-0.2, 0) is 70.8 Å². The third kappa shape index (κ3) is 18.9. The Morgan fingerprint density at radius 3 is 1.46 bits per heavy atom. The average molecular weight is 1540 g/mol. The van der Waals surface area contributed by atoms with Crippen molar-refractivity contribution in [3.63, 3.8) is 0 Å². The van der Waals surface area contributed by atoms with Crippen LogP contribution < -0.4 is 16.0 Å². The van der Waals surface area contributed by atoms with Crippen molar-refractivity contribution in [3.05, 3.63) is 112 Å². The first-order valence-corrected chi connectivity index (χ1v) is 39.3. The van der Waals surface area contributed by atoms with E-state index in [2.05, 4.69) is 56.3 Å². The minimum Gasteiger partial charge on any atom is -0.339 e. The highest BCUT2D eigenvalue weighted by atomic mass is 35.5. The molecule has 10 N–H and O–H groups in total. The van der Waals surface area contributed by atoms with Crippen LogP contribution in [0.1, 0.15) is 29.5 Å². The van der Waals surface area contributed by atoms with Crippen LogP contribution in [0.5, 0.6) is 0 Å². The number of nitrogens with zero attached hydrogens (tertiary/aromatic N) is 10. The fourth-order valence-corrected chi connectivity index (χ4v) is 16.2. The van der Waals surface area contributed by atoms with E-state index < -0.39 is 133 Å². The van der Waals surface area contributed by atoms with Crippen LogP contribution in [0.25, 0.3) is 21.9 Å². The summed E-state index contributed by atoms with van der Waals surface area (Å²) in [5, 5.41) is 44.2. The molecule has 5 aromatic carbocycles. The van der Waals surface area contributed by atoms with E-state index >= 15 is 0 Å². The minimum absolute atomic E-state index is 0.0231. The average Bonchev–Trinajstić information content (AvgIpc) is 1.09. The SMILES string of the molecule is Cc1c(C#N)c(Nc2ccc(Cl)c(S(=O)(=O)O)c2)nc(Nc2ccc(Cl)c(S(=O)(=O)O)c2)c1N=Nc1sc(/N=N/c2cc(S(=O)(=O)O)c3cc(S(=O)(=O)O)cc(S(=O)(=O)O)c3c2)c(-c2ccc(Nc3nc(SCCCS(=O)(=O)O)nc(SCCCS(=O)(=O)O)n3)cc2)c1C#N. The third-order valence-electron chi connectivity index (χ3n) is 12.3. The summed E-state index contributed by atoms with van der Waals surface area (Å²) in [6.45, 7) is 1.33. The molecular weight excluding hydrogens is 1500 g/mol. The molecule has 34 nitrogen and oxygen atoms in total. The Morgan fingerprint density at radius 2 is 0.979 bits per heavy atom. The number of hydrogen-bond donors (Lipinski definition) is 10. The van der Waals surface area contributed by atoms with Gasteiger partial charge in [-0.25, -0.2) is 4.98 Å². The number of nitriles is 2. The molecule has 8 aromatic rings. The van der Waals surface area contributed by atoms with Gasteiger partial charge in [0.1, 0.15) is 48.0 Å². The normalized spacial score (nSPS) is 12.7. The Bertz CT molecular complexity index is 5410. The number of fused-ring (bicyclic) bond motifs is 1. The van der Waals surface area contributed by atoms with Gasteiger partial charge in [0.2, 0.25) is 5.95 Å². The maximum absolute atomic E-state index is 12.9. The van der Waals surface area contributed by atoms with Crippen LogP contribution in [0.15, 0.2) is 140 Å². The number of halogens is 2. The maximum atomic E-state index is 12.9. The number of anilines is 6. The molecule has 0 fully saturated rings. The zero-order valence-electron chi connectivity index (χ0n) is 47.0. The summed E-state index contributed by atoms with van der Waals surface area (Å²) in [6, 6.07) is 18.2. The topological polar surface area (TPSA) is 565 Å². The fourth-order valence-electron chi connectivity index (χ4n) is 8.25. The van der Waals surface area contributed by atoms with E-state index in [-0.39, 0.29) is 119 Å². The van der Waals surface area contributed by atoms with Crippen molar-refractivity contribution in [1.82, 2.24) is 19.9 Å². The molecule has 0 aliphatic heterocycles. The number of hydrogen-bond acceptors (Lipinski definition) is 30. The molecule has 0 aliphatic carbocycles. The highest BCUT2D eigenvalue weighted by Gasteiger charge is 2.28. The lowest BCUT2D eigenvalue weighted by atomic mass is 10.0. The molecule has 0 spiro atoms. The van der Waals surface area contributed by atoms with Gasteiger partial charge in [-0.15, -0.1) is 20.5 Å². The van der Waals surface area contributed by atoms with Gasteiger partial charge in [-0.05, 0) is 98.1 Å². The number of thiophene rings is 1. The lowest BCUT2D eigenvalue weighted by molar-refractivity contribution is 0.477. The van der Waals surface area contributed by atoms with Gasteiger partial charge in [0, 0.05) is 50.5 Å². The van der Waals surface area contributed by atoms with Crippen molar-refractivity contribution in [2.75, 3.05) is 39.0 Å². The van der Waals surface area contributed by atoms with E-state index in [9.17, 15) is 101 Å². The van der Waals surface area contributed by atoms with E-state index in [1.54, 1.807) is 0 Å². The molecule has 0 unspecified atom stereocenters. The van der Waals surface area contributed by atoms with Gasteiger partial charge in [-0.3, -0.25) is 31.9 Å². The molecule has 46 heteroatoms. The number of pyridine rings is 1. The van der Waals surface area contributed by atoms with Crippen LogP contribution in [0.2, 0.25) is 10.0 Å². The lowest BCUT2D eigenvalue weighted by Crippen LogP contribution is -2.07. The smallest absolute Gasteiger partial charge is 0.296 e. The Labute approximate surface area is 561 Å². The van der Waals surface area contributed by atoms with Crippen molar-refractivity contribution in [2.45, 2.75) is 54.6 Å². The van der Waals surface area contributed by atoms with E-state index in [1.165, 1.54) is 43.3 Å². The molecule has 3 heterocycles. The summed E-state index contributed by atoms with van der Waals surface area (Å²) in [4.78, 5) is 12.3. The third-order valence-corrected chi connectivity index (χ3v) is 22.1. The molecule has 0 saturated carbocycles. The monoisotopic (exact) mass is 1530 g/mol. The van der Waals surface area contributed by atoms with E-state index in [0.717, 1.165) is 53.9 Å². The van der Waals surface area contributed by atoms with Gasteiger partial charge in [0.15, 0.2) is 26.9 Å². The Morgan fingerprint density at radius 1 is 0.505 bits per heavy atom. The zero-order valence-corrected chi connectivity index (χ0v) is 56.7. The Hall–Kier alpha value is -7.55. The standard InChI is InChI=1S/C49H39Cl2N13O21S10/c1-24-33(22-52)43(54-27-8-10-35(50)39(17-27)94(80,81)82)57-44(55-28-9-11-36(51)40(18-28)95(83,84)85)42(24)62-63-45-34(23-53)41(46(88-45)64-61-29-16-31-32(37(19-29)92(74,75)76)20-30(91(71,72)73)21-38(31)93(77,78)79)25-4-6-26(7-5-25)56-47-58-48(86-12-2-14-89(65,66)67)60-49(59-47)87-13-3-15-90(68,69)70/h4-11,16-21H,2-3,12-15H2,1H3,(H2,54,55,57)(H,65,66,67)(H,68,69,70)(H,71,72,73)(H,74,75,76)(H,77,78,79)(H,80,81,82)(H,83,84,85)(H,56,58,59,60)/b63-62?,64-61+. The number of benzene rings is 5. The summed E-state index contributed by atoms with van der Waals surface area (Å²) in [5.74, 6) is -1.78. The molecule has 500 valence electrons. The largest absolute Gasteiger partial charge is 0.339 e. The van der Waals surface area contributed by atoms with E-state index in [4.69, 9.17) is 23.2 Å². The van der Waals surface area contributed by atoms with E-state index in [0.29, 0.717) is 23.5 Å². The summed E-state index contributed by atoms with van der Waals surface area (Å²) >= 11 is 14.6. The maximum Gasteiger partial charge on any atom is 0.296 e. The number of thioether (sulfide) groups is 2. The summed E-state index contributed by atoms with van der Waals surface area (Å²) in [5.41, 5.74) is -1.73. The van der Waals surface area contributed by atoms with Crippen LogP contribution in [-0.4, -0.2) is 134 Å². The summed E-state index contributed by atoms with van der Waals surface area (Å²) in [6.07, 6.45) is -0.0462. The van der Waals surface area contributed by atoms with E-state index in [1.807, 2.05) is 12.1 Å². The molecule has 0 radical (unpaired) electrons. The lowest BCUT2D eigenvalue weighted by Gasteiger charge is -2.16. The fraction of sp³-hybridized carbons (Fsp3) is 0.143. The first-order valence-electron chi connectivity index (χ1n) is 25.4. The van der Waals surface area contributed by atoms with Gasteiger partial charge >= 0.3 is 0 Å². The van der Waals surface area contributed by atoms with Crippen molar-refractivity contribution in [3.8, 4) is 23.3 Å². The zero-order chi connectivity index (χ0) is 70.0. The molecule has 8 rings (SSSR count). The highest BCUT2D eigenvalue weighted by molar-refractivity contribution is 7.99. The number of nitrogens with one attached hydrogen (secondary N) is 3. The van der Waals surface area contributed by atoms with Gasteiger partial charge < -0.3 is 16.0 Å². The molecule has 0 amide bonds. The molecular formula is C49H39Cl2N13O21S10. The molecule has 0 aliphatic rings. The molecule has 95 heavy (non-hydrogen) atoms. The number of rotatable bonds is 26. The van der Waals surface area contributed by atoms with Crippen LogP contribution in [0, 0.1) is 29.6 Å². The van der Waals surface area contributed by atoms with Crippen molar-refractivity contribution in [2.24, 2.45) is 20.5 Å². The van der Waals surface area contributed by atoms with Gasteiger partial charge in [-0.2, -0.15) is 84.4 Å². The Balaban J connectivity index is 1.30. The highest BCUT2D eigenvalue weighted by Crippen LogP contribution is 2.49. The second-order valence-electron chi connectivity index (χ2n) is 19.0. The number of aromatic nitrogens is 4. The van der Waals surface area contributed by atoms with Gasteiger partial charge in [0.25, 0.3) is 70.8 Å². The van der Waals surface area contributed by atoms with Crippen molar-refractivity contribution in [1.29, 1.82) is 10.5 Å². The molecule has 0 saturated heterocycles. The first kappa shape index (κ1) is 73.3. The first-order chi connectivity index (χ1) is 44.1. The van der Waals surface area contributed by atoms with Crippen molar-refractivity contribution >= 4 is 196 Å². The van der Waals surface area contributed by atoms with Crippen molar-refractivity contribution < 1.29 is 90.8 Å². The molecule has 3 aromatic heterocycles. The summed E-state index contributed by atoms with van der Waals surface area (Å²) < 4.78 is 239. The van der Waals surface area contributed by atoms with Crippen LogP contribution >= 0.6 is 58.1 Å². The predicted octanol–water partition coefficient (Wildman–Crippen LogP) is 10.5. The van der Waals surface area contributed by atoms with Gasteiger partial charge in [-0.1, -0.05) is 70.2 Å². The predicted molar refractivity (Wildman–Crippen MR) is 346 cm³/mol.